The van der Waals surface area contributed by atoms with Crippen molar-refractivity contribution in [2.45, 2.75) is 39.0 Å². The molecule has 0 aliphatic rings. The van der Waals surface area contributed by atoms with Gasteiger partial charge in [0.05, 0.1) is 11.6 Å². The van der Waals surface area contributed by atoms with Crippen molar-refractivity contribution in [3.05, 3.63) is 48.3 Å². The third-order valence-corrected chi connectivity index (χ3v) is 4.80. The molecule has 0 spiro atoms. The lowest BCUT2D eigenvalue weighted by Gasteiger charge is -2.21. The minimum absolute atomic E-state index is 0.168. The number of hydrogen-bond donors (Lipinski definition) is 3. The summed E-state index contributed by atoms with van der Waals surface area (Å²) in [5, 5.41) is 24.9. The van der Waals surface area contributed by atoms with Gasteiger partial charge in [0.2, 0.25) is 5.91 Å². The number of benzene rings is 1. The summed E-state index contributed by atoms with van der Waals surface area (Å²) in [4.78, 5) is 35.0. The van der Waals surface area contributed by atoms with Crippen LogP contribution in [-0.2, 0) is 20.8 Å². The normalized spacial score (nSPS) is 12.9. The van der Waals surface area contributed by atoms with Gasteiger partial charge in [0.15, 0.2) is 0 Å². The van der Waals surface area contributed by atoms with E-state index in [1.54, 1.807) is 10.9 Å². The highest BCUT2D eigenvalue weighted by molar-refractivity contribution is 5.83. The van der Waals surface area contributed by atoms with Crippen molar-refractivity contribution in [1.29, 1.82) is 0 Å². The summed E-state index contributed by atoms with van der Waals surface area (Å²) in [7, 11) is 0. The number of aromatic nitrogens is 2. The average molecular weight is 401 g/mol. The molecule has 0 bridgehead atoms. The van der Waals surface area contributed by atoms with Crippen molar-refractivity contribution in [2.75, 3.05) is 6.54 Å². The molecule has 0 unspecified atom stereocenters. The van der Waals surface area contributed by atoms with Gasteiger partial charge in [-0.15, -0.1) is 0 Å². The van der Waals surface area contributed by atoms with Crippen LogP contribution in [0, 0.1) is 11.8 Å². The van der Waals surface area contributed by atoms with Gasteiger partial charge >= 0.3 is 11.9 Å². The molecule has 1 aromatic carbocycles. The van der Waals surface area contributed by atoms with Crippen LogP contribution >= 0.6 is 0 Å². The molecule has 0 fully saturated rings. The summed E-state index contributed by atoms with van der Waals surface area (Å²) in [6.45, 7) is 1.50. The molecule has 8 heteroatoms. The van der Waals surface area contributed by atoms with Gasteiger partial charge in [-0.25, -0.2) is 4.68 Å². The number of nitrogens with zero attached hydrogens (tertiary/aromatic N) is 2. The topological polar surface area (TPSA) is 122 Å². The molecule has 0 saturated carbocycles. The Morgan fingerprint density at radius 2 is 1.86 bits per heavy atom. The van der Waals surface area contributed by atoms with Crippen molar-refractivity contribution >= 4 is 17.8 Å². The first-order valence-electron chi connectivity index (χ1n) is 9.72. The van der Waals surface area contributed by atoms with Crippen LogP contribution in [0.1, 0.15) is 38.2 Å². The Kier molecular flexibility index (Phi) is 8.39. The number of aliphatic carboxylic acids is 2. The molecule has 8 nitrogen and oxygen atoms in total. The predicted octanol–water partition coefficient (Wildman–Crippen LogP) is 2.51. The van der Waals surface area contributed by atoms with E-state index in [2.05, 4.69) is 10.4 Å². The maximum atomic E-state index is 12.6. The van der Waals surface area contributed by atoms with E-state index in [1.165, 1.54) is 0 Å². The molecule has 1 aromatic heterocycles. The van der Waals surface area contributed by atoms with E-state index in [0.717, 1.165) is 24.1 Å². The number of hydrogen-bond acceptors (Lipinski definition) is 4. The number of rotatable bonds is 12. The van der Waals surface area contributed by atoms with E-state index >= 15 is 0 Å². The Morgan fingerprint density at radius 1 is 1.14 bits per heavy atom. The largest absolute Gasteiger partial charge is 0.481 e. The number of carboxylic acids is 2. The van der Waals surface area contributed by atoms with Crippen LogP contribution in [0.15, 0.2) is 42.7 Å². The molecule has 2 rings (SSSR count). The first-order chi connectivity index (χ1) is 13.9. The van der Waals surface area contributed by atoms with E-state index in [0.29, 0.717) is 12.8 Å². The zero-order valence-corrected chi connectivity index (χ0v) is 16.5. The van der Waals surface area contributed by atoms with E-state index in [9.17, 15) is 19.5 Å². The summed E-state index contributed by atoms with van der Waals surface area (Å²) in [5.74, 6) is -3.77. The molecule has 3 N–H and O–H groups in total. The maximum Gasteiger partial charge on any atom is 0.322 e. The molecule has 0 aliphatic carbocycles. The summed E-state index contributed by atoms with van der Waals surface area (Å²) >= 11 is 0. The first kappa shape index (κ1) is 22.1. The lowest BCUT2D eigenvalue weighted by Crippen LogP contribution is -2.37. The highest BCUT2D eigenvalue weighted by Crippen LogP contribution is 2.23. The van der Waals surface area contributed by atoms with Crippen LogP contribution in [-0.4, -0.2) is 44.4 Å². The molecule has 0 radical (unpaired) electrons. The van der Waals surface area contributed by atoms with Gasteiger partial charge in [-0.05, 0) is 43.0 Å². The average Bonchev–Trinajstić information content (AvgIpc) is 3.23. The molecule has 1 heterocycles. The van der Waals surface area contributed by atoms with Gasteiger partial charge in [-0.2, -0.15) is 5.10 Å². The van der Waals surface area contributed by atoms with Gasteiger partial charge < -0.3 is 15.5 Å². The smallest absolute Gasteiger partial charge is 0.322 e. The molecular weight excluding hydrogens is 374 g/mol. The molecule has 29 heavy (non-hydrogen) atoms. The molecule has 1 amide bonds. The lowest BCUT2D eigenvalue weighted by atomic mass is 9.86. The number of amides is 1. The number of carboxylic acid groups (broad SMARTS) is 2. The van der Waals surface area contributed by atoms with Crippen LogP contribution in [0.2, 0.25) is 0 Å². The Hall–Kier alpha value is -3.16. The standard InChI is InChI=1S/C21H27N3O5/c1-2-3-5-16(21(28)29)13-17(20(27)22-14-19(25)26)12-15-6-8-18(9-7-15)24-11-4-10-23-24/h4,6-11,16-17H,2-3,5,12-14H2,1H3,(H,22,27)(H,25,26)(H,28,29)/t16-,17+/m1/s1. The zero-order valence-electron chi connectivity index (χ0n) is 16.5. The van der Waals surface area contributed by atoms with Crippen LogP contribution in [0.4, 0.5) is 0 Å². The van der Waals surface area contributed by atoms with E-state index in [1.807, 2.05) is 43.5 Å². The lowest BCUT2D eigenvalue weighted by molar-refractivity contribution is -0.143. The molecule has 2 atom stereocenters. The van der Waals surface area contributed by atoms with E-state index < -0.39 is 36.2 Å². The molecule has 156 valence electrons. The fraction of sp³-hybridized carbons (Fsp3) is 0.429. The van der Waals surface area contributed by atoms with Crippen molar-refractivity contribution in [3.8, 4) is 5.69 Å². The highest BCUT2D eigenvalue weighted by atomic mass is 16.4. The minimum Gasteiger partial charge on any atom is -0.481 e. The minimum atomic E-state index is -1.14. The summed E-state index contributed by atoms with van der Waals surface area (Å²) in [6.07, 6.45) is 6.13. The third-order valence-electron chi connectivity index (χ3n) is 4.80. The van der Waals surface area contributed by atoms with Crippen molar-refractivity contribution in [1.82, 2.24) is 15.1 Å². The SMILES string of the molecule is CCCC[C@H](C[C@H](Cc1ccc(-n2cccn2)cc1)C(=O)NCC(=O)O)C(=O)O. The second-order valence-electron chi connectivity index (χ2n) is 7.04. The third kappa shape index (κ3) is 7.06. The Morgan fingerprint density at radius 3 is 2.41 bits per heavy atom. The Bertz CT molecular complexity index is 802. The first-order valence-corrected chi connectivity index (χ1v) is 9.72. The van der Waals surface area contributed by atoms with Crippen molar-refractivity contribution in [2.24, 2.45) is 11.8 Å². The van der Waals surface area contributed by atoms with Gasteiger partial charge in [0.1, 0.15) is 6.54 Å². The Labute approximate surface area is 169 Å². The fourth-order valence-electron chi connectivity index (χ4n) is 3.22. The van der Waals surface area contributed by atoms with E-state index in [-0.39, 0.29) is 6.42 Å². The van der Waals surface area contributed by atoms with Crippen molar-refractivity contribution < 1.29 is 24.6 Å². The molecule has 2 aromatic rings. The quantitative estimate of drug-likeness (QED) is 0.502. The van der Waals surface area contributed by atoms with Crippen LogP contribution in [0.3, 0.4) is 0 Å². The maximum absolute atomic E-state index is 12.6. The second-order valence-corrected chi connectivity index (χ2v) is 7.04. The number of nitrogens with one attached hydrogen (secondary N) is 1. The van der Waals surface area contributed by atoms with Crippen molar-refractivity contribution in [3.63, 3.8) is 0 Å². The highest BCUT2D eigenvalue weighted by Gasteiger charge is 2.27. The predicted molar refractivity (Wildman–Crippen MR) is 107 cm³/mol. The van der Waals surface area contributed by atoms with Gasteiger partial charge in [0, 0.05) is 18.3 Å². The molecule has 0 aliphatic heterocycles. The number of carbonyl (C=O) groups excluding carboxylic acids is 1. The van der Waals surface area contributed by atoms with Crippen LogP contribution in [0.25, 0.3) is 5.69 Å². The van der Waals surface area contributed by atoms with Gasteiger partial charge in [0.25, 0.3) is 0 Å². The fourth-order valence-corrected chi connectivity index (χ4v) is 3.22. The van der Waals surface area contributed by atoms with E-state index in [4.69, 9.17) is 5.11 Å². The van der Waals surface area contributed by atoms with Gasteiger partial charge in [-0.1, -0.05) is 31.9 Å². The molecular formula is C21H27N3O5. The number of unbranched alkanes of at least 4 members (excludes halogenated alkanes) is 1. The van der Waals surface area contributed by atoms with Crippen LogP contribution in [0.5, 0.6) is 0 Å². The summed E-state index contributed by atoms with van der Waals surface area (Å²) < 4.78 is 1.71. The molecule has 0 saturated heterocycles. The summed E-state index contributed by atoms with van der Waals surface area (Å²) in [6, 6.07) is 9.31. The zero-order chi connectivity index (χ0) is 21.2. The van der Waals surface area contributed by atoms with Crippen LogP contribution < -0.4 is 5.32 Å². The monoisotopic (exact) mass is 401 g/mol. The van der Waals surface area contributed by atoms with Gasteiger partial charge in [-0.3, -0.25) is 14.4 Å². The second kappa shape index (κ2) is 11.0. The number of carbonyl (C=O) groups is 3. The Balaban J connectivity index is 2.13. The summed E-state index contributed by atoms with van der Waals surface area (Å²) in [5.41, 5.74) is 1.74.